The number of hydrogen-bond donors (Lipinski definition) is 1. The highest BCUT2D eigenvalue weighted by Crippen LogP contribution is 2.34. The summed E-state index contributed by atoms with van der Waals surface area (Å²) in [6.45, 7) is 0. The Balaban J connectivity index is 1.44. The molecule has 0 aliphatic heterocycles. The van der Waals surface area contributed by atoms with Gasteiger partial charge in [0.15, 0.2) is 0 Å². The number of aliphatic carboxylic acids is 1. The number of amides is 1. The van der Waals surface area contributed by atoms with E-state index < -0.39 is 18.5 Å². The standard InChI is InChI=1S/C34H27N3O4/c38-33(39)25-32(35-41-34(40)37(29-17-9-3-10-18-29)30-19-11-4-12-20-30)26-21-23-31(24-22-26)36(27-13-5-1-6-14-27)28-15-7-2-8-16-28/h1-24H,25H2,(H,38,39)/b35-32+. The van der Waals surface area contributed by atoms with Crippen LogP contribution in [0.25, 0.3) is 0 Å². The van der Waals surface area contributed by atoms with Crippen LogP contribution in [0, 0.1) is 0 Å². The summed E-state index contributed by atoms with van der Waals surface area (Å²) < 4.78 is 0. The molecule has 0 heterocycles. The predicted octanol–water partition coefficient (Wildman–Crippen LogP) is 8.31. The SMILES string of the molecule is O=C(O)C/C(=N\OC(=O)N(c1ccccc1)c1ccccc1)c1ccc(N(c2ccccc2)c2ccccc2)cc1. The molecule has 41 heavy (non-hydrogen) atoms. The largest absolute Gasteiger partial charge is 0.481 e. The van der Waals surface area contributed by atoms with Gasteiger partial charge < -0.3 is 10.0 Å². The Bertz CT molecular complexity index is 1530. The van der Waals surface area contributed by atoms with Crippen molar-refractivity contribution in [3.05, 3.63) is 151 Å². The maximum absolute atomic E-state index is 13.3. The van der Waals surface area contributed by atoms with E-state index in [0.717, 1.165) is 17.1 Å². The fourth-order valence-electron chi connectivity index (χ4n) is 4.38. The zero-order chi connectivity index (χ0) is 28.4. The fourth-order valence-corrected chi connectivity index (χ4v) is 4.38. The van der Waals surface area contributed by atoms with Crippen molar-refractivity contribution in [3.8, 4) is 0 Å². The Morgan fingerprint density at radius 2 is 0.951 bits per heavy atom. The first kappa shape index (κ1) is 26.9. The summed E-state index contributed by atoms with van der Waals surface area (Å²) in [5, 5.41) is 13.6. The number of nitrogens with zero attached hydrogens (tertiary/aromatic N) is 3. The molecule has 0 spiro atoms. The molecule has 202 valence electrons. The molecule has 5 aromatic rings. The number of benzene rings is 5. The number of carboxylic acids is 1. The van der Waals surface area contributed by atoms with Gasteiger partial charge >= 0.3 is 12.1 Å². The van der Waals surface area contributed by atoms with Crippen molar-refractivity contribution in [3.63, 3.8) is 0 Å². The number of para-hydroxylation sites is 4. The molecule has 7 nitrogen and oxygen atoms in total. The van der Waals surface area contributed by atoms with Crippen LogP contribution in [0.2, 0.25) is 0 Å². The molecule has 0 saturated carbocycles. The zero-order valence-corrected chi connectivity index (χ0v) is 22.1. The summed E-state index contributed by atoms with van der Waals surface area (Å²) in [5.74, 6) is -1.10. The van der Waals surface area contributed by atoms with Crippen molar-refractivity contribution in [2.45, 2.75) is 6.42 Å². The maximum Gasteiger partial charge on any atom is 0.445 e. The molecular formula is C34H27N3O4. The van der Waals surface area contributed by atoms with Gasteiger partial charge in [-0.3, -0.25) is 9.63 Å². The fraction of sp³-hybridized carbons (Fsp3) is 0.0294. The molecule has 0 fully saturated rings. The third-order valence-electron chi connectivity index (χ3n) is 6.25. The molecule has 5 aromatic carbocycles. The zero-order valence-electron chi connectivity index (χ0n) is 22.1. The first-order valence-electron chi connectivity index (χ1n) is 13.0. The minimum Gasteiger partial charge on any atom is -0.481 e. The highest BCUT2D eigenvalue weighted by molar-refractivity contribution is 6.09. The molecule has 0 unspecified atom stereocenters. The van der Waals surface area contributed by atoms with Crippen molar-refractivity contribution in [1.29, 1.82) is 0 Å². The van der Waals surface area contributed by atoms with E-state index in [1.165, 1.54) is 4.90 Å². The molecule has 0 radical (unpaired) electrons. The topological polar surface area (TPSA) is 82.4 Å². The molecule has 0 aromatic heterocycles. The smallest absolute Gasteiger partial charge is 0.445 e. The third kappa shape index (κ3) is 6.66. The Hall–Kier alpha value is -5.69. The molecule has 1 N–H and O–H groups in total. The van der Waals surface area contributed by atoms with Crippen LogP contribution in [-0.4, -0.2) is 22.9 Å². The minimum absolute atomic E-state index is 0.115. The normalized spacial score (nSPS) is 11.0. The predicted molar refractivity (Wildman–Crippen MR) is 161 cm³/mol. The lowest BCUT2D eigenvalue weighted by atomic mass is 10.1. The highest BCUT2D eigenvalue weighted by atomic mass is 16.7. The van der Waals surface area contributed by atoms with Crippen molar-refractivity contribution in [1.82, 2.24) is 0 Å². The molecule has 5 rings (SSSR count). The molecule has 0 atom stereocenters. The Kier molecular flexibility index (Phi) is 8.47. The molecule has 0 saturated heterocycles. The van der Waals surface area contributed by atoms with Gasteiger partial charge in [0.2, 0.25) is 0 Å². The van der Waals surface area contributed by atoms with Gasteiger partial charge in [-0.2, -0.15) is 0 Å². The second-order valence-electron chi connectivity index (χ2n) is 9.03. The summed E-state index contributed by atoms with van der Waals surface area (Å²) in [4.78, 5) is 33.8. The van der Waals surface area contributed by atoms with Crippen molar-refractivity contribution in [2.24, 2.45) is 5.16 Å². The van der Waals surface area contributed by atoms with Gasteiger partial charge in [0, 0.05) is 22.6 Å². The van der Waals surface area contributed by atoms with Crippen molar-refractivity contribution >= 4 is 46.2 Å². The van der Waals surface area contributed by atoms with E-state index in [4.69, 9.17) is 4.84 Å². The van der Waals surface area contributed by atoms with E-state index in [1.54, 1.807) is 36.4 Å². The van der Waals surface area contributed by atoms with Crippen LogP contribution in [0.15, 0.2) is 151 Å². The van der Waals surface area contributed by atoms with Crippen LogP contribution in [0.5, 0.6) is 0 Å². The number of carbonyl (C=O) groups is 2. The summed E-state index contributed by atoms with van der Waals surface area (Å²) in [5.41, 5.74) is 4.64. The summed E-state index contributed by atoms with van der Waals surface area (Å²) in [7, 11) is 0. The van der Waals surface area contributed by atoms with Gasteiger partial charge in [0.05, 0.1) is 23.5 Å². The van der Waals surface area contributed by atoms with Gasteiger partial charge in [-0.1, -0.05) is 90.1 Å². The quantitative estimate of drug-likeness (QED) is 0.115. The Morgan fingerprint density at radius 3 is 1.37 bits per heavy atom. The lowest BCUT2D eigenvalue weighted by molar-refractivity contribution is -0.135. The monoisotopic (exact) mass is 541 g/mol. The van der Waals surface area contributed by atoms with Crippen LogP contribution >= 0.6 is 0 Å². The number of carboxylic acid groups (broad SMARTS) is 1. The van der Waals surface area contributed by atoms with Gasteiger partial charge in [-0.05, 0) is 60.7 Å². The van der Waals surface area contributed by atoms with Crippen LogP contribution in [0.1, 0.15) is 12.0 Å². The van der Waals surface area contributed by atoms with Gasteiger partial charge in [0.1, 0.15) is 0 Å². The molecule has 0 bridgehead atoms. The molecule has 7 heteroatoms. The summed E-state index contributed by atoms with van der Waals surface area (Å²) in [6.07, 6.45) is -1.19. The molecule has 1 amide bonds. The number of anilines is 5. The number of rotatable bonds is 9. The molecule has 0 aliphatic rings. The van der Waals surface area contributed by atoms with Crippen LogP contribution in [0.4, 0.5) is 33.2 Å². The van der Waals surface area contributed by atoms with E-state index in [-0.39, 0.29) is 5.71 Å². The first-order valence-corrected chi connectivity index (χ1v) is 13.0. The van der Waals surface area contributed by atoms with E-state index in [9.17, 15) is 14.7 Å². The lowest BCUT2D eigenvalue weighted by Crippen LogP contribution is -2.26. The number of oxime groups is 1. The maximum atomic E-state index is 13.3. The number of carbonyl (C=O) groups excluding carboxylic acids is 1. The third-order valence-corrected chi connectivity index (χ3v) is 6.25. The van der Waals surface area contributed by atoms with Crippen LogP contribution in [-0.2, 0) is 9.63 Å². The highest BCUT2D eigenvalue weighted by Gasteiger charge is 2.21. The van der Waals surface area contributed by atoms with Crippen LogP contribution in [0.3, 0.4) is 0 Å². The van der Waals surface area contributed by atoms with Gasteiger partial charge in [-0.15, -0.1) is 0 Å². The van der Waals surface area contributed by atoms with E-state index in [2.05, 4.69) is 10.1 Å². The Labute approximate surface area is 238 Å². The number of hydrogen-bond acceptors (Lipinski definition) is 5. The van der Waals surface area contributed by atoms with E-state index in [0.29, 0.717) is 16.9 Å². The van der Waals surface area contributed by atoms with E-state index >= 15 is 0 Å². The summed E-state index contributed by atoms with van der Waals surface area (Å²) >= 11 is 0. The van der Waals surface area contributed by atoms with E-state index in [1.807, 2.05) is 109 Å². The van der Waals surface area contributed by atoms with Crippen LogP contribution < -0.4 is 9.80 Å². The molecular weight excluding hydrogens is 514 g/mol. The van der Waals surface area contributed by atoms with Gasteiger partial charge in [-0.25, -0.2) is 9.69 Å². The lowest BCUT2D eigenvalue weighted by Gasteiger charge is -2.25. The minimum atomic E-state index is -1.10. The second kappa shape index (κ2) is 12.9. The summed E-state index contributed by atoms with van der Waals surface area (Å²) in [6, 6.07) is 45.3. The van der Waals surface area contributed by atoms with Crippen molar-refractivity contribution in [2.75, 3.05) is 9.80 Å². The second-order valence-corrected chi connectivity index (χ2v) is 9.03. The molecule has 0 aliphatic carbocycles. The average molecular weight is 542 g/mol. The van der Waals surface area contributed by atoms with Gasteiger partial charge in [0.25, 0.3) is 0 Å². The first-order chi connectivity index (χ1) is 20.1. The average Bonchev–Trinajstić information content (AvgIpc) is 3.02. The Morgan fingerprint density at radius 1 is 0.561 bits per heavy atom. The van der Waals surface area contributed by atoms with Crippen molar-refractivity contribution < 1.29 is 19.5 Å².